The number of para-hydroxylation sites is 1. The average Bonchev–Trinajstić information content (AvgIpc) is 2.55. The van der Waals surface area contributed by atoms with E-state index in [0.29, 0.717) is 0 Å². The summed E-state index contributed by atoms with van der Waals surface area (Å²) >= 11 is 3.51. The normalized spacial score (nSPS) is 11.3. The van der Waals surface area contributed by atoms with Crippen molar-refractivity contribution in [3.8, 4) is 11.5 Å². The molecule has 0 atom stereocenters. The number of ether oxygens (including phenoxy) is 2. The van der Waals surface area contributed by atoms with Gasteiger partial charge >= 0.3 is 0 Å². The van der Waals surface area contributed by atoms with Gasteiger partial charge in [0.2, 0.25) is 0 Å². The second-order valence-corrected chi connectivity index (χ2v) is 7.21. The highest BCUT2D eigenvalue weighted by Crippen LogP contribution is 2.34. The van der Waals surface area contributed by atoms with E-state index < -0.39 is 0 Å². The summed E-state index contributed by atoms with van der Waals surface area (Å²) in [5.74, 6) is 1.84. The molecule has 124 valence electrons. The molecule has 0 unspecified atom stereocenters. The van der Waals surface area contributed by atoms with Crippen LogP contribution in [-0.2, 0) is 5.41 Å². The van der Waals surface area contributed by atoms with Gasteiger partial charge in [0, 0.05) is 0 Å². The van der Waals surface area contributed by atoms with Gasteiger partial charge < -0.3 is 9.47 Å². The summed E-state index contributed by atoms with van der Waals surface area (Å²) in [6.45, 7) is 5.34. The van der Waals surface area contributed by atoms with E-state index in [2.05, 4.69) is 48.0 Å². The Hall–Kier alpha value is -1.48. The Morgan fingerprint density at radius 2 is 1.74 bits per heavy atom. The molecule has 0 N–H and O–H groups in total. The van der Waals surface area contributed by atoms with Gasteiger partial charge in [0.05, 0.1) is 18.2 Å². The Morgan fingerprint density at radius 3 is 2.43 bits per heavy atom. The van der Waals surface area contributed by atoms with Gasteiger partial charge in [-0.25, -0.2) is 0 Å². The van der Waals surface area contributed by atoms with E-state index in [1.54, 1.807) is 7.11 Å². The molecule has 0 saturated heterocycles. The van der Waals surface area contributed by atoms with Crippen molar-refractivity contribution in [1.29, 1.82) is 0 Å². The molecule has 0 aliphatic rings. The molecule has 0 bridgehead atoms. The van der Waals surface area contributed by atoms with Gasteiger partial charge in [-0.1, -0.05) is 38.1 Å². The van der Waals surface area contributed by atoms with Gasteiger partial charge in [-0.05, 0) is 70.4 Å². The van der Waals surface area contributed by atoms with Crippen LogP contribution in [0.2, 0.25) is 0 Å². The predicted molar refractivity (Wildman–Crippen MR) is 99.5 cm³/mol. The van der Waals surface area contributed by atoms with Crippen LogP contribution >= 0.6 is 15.9 Å². The van der Waals surface area contributed by atoms with Gasteiger partial charge in [0.25, 0.3) is 0 Å². The molecule has 2 aromatic carbocycles. The van der Waals surface area contributed by atoms with Crippen LogP contribution in [-0.4, -0.2) is 13.7 Å². The monoisotopic (exact) mass is 376 g/mol. The third kappa shape index (κ3) is 5.28. The number of benzene rings is 2. The van der Waals surface area contributed by atoms with Gasteiger partial charge in [0.15, 0.2) is 0 Å². The van der Waals surface area contributed by atoms with Crippen LogP contribution in [0.15, 0.2) is 53.0 Å². The topological polar surface area (TPSA) is 18.5 Å². The summed E-state index contributed by atoms with van der Waals surface area (Å²) in [4.78, 5) is 0. The Labute approximate surface area is 148 Å². The molecule has 0 aliphatic heterocycles. The molecule has 0 aromatic heterocycles. The van der Waals surface area contributed by atoms with Crippen LogP contribution in [0.4, 0.5) is 0 Å². The van der Waals surface area contributed by atoms with E-state index in [1.165, 1.54) is 5.56 Å². The molecule has 0 fully saturated rings. The molecule has 0 amide bonds. The SMILES string of the molecule is COc1cc(C(C)(C)CCCCOc2ccccc2)ccc1Br. The number of methoxy groups -OCH3 is 1. The number of rotatable bonds is 8. The quantitative estimate of drug-likeness (QED) is 0.527. The fourth-order valence-corrected chi connectivity index (χ4v) is 3.01. The summed E-state index contributed by atoms with van der Waals surface area (Å²) in [6.07, 6.45) is 3.32. The van der Waals surface area contributed by atoms with Crippen molar-refractivity contribution in [1.82, 2.24) is 0 Å². The zero-order valence-electron chi connectivity index (χ0n) is 14.1. The van der Waals surface area contributed by atoms with Crippen LogP contribution in [0.3, 0.4) is 0 Å². The van der Waals surface area contributed by atoms with E-state index in [9.17, 15) is 0 Å². The first-order valence-corrected chi connectivity index (χ1v) is 8.84. The van der Waals surface area contributed by atoms with Crippen LogP contribution < -0.4 is 9.47 Å². The fourth-order valence-electron chi connectivity index (χ4n) is 2.60. The second kappa shape index (κ2) is 8.39. The first-order valence-electron chi connectivity index (χ1n) is 8.05. The maximum atomic E-state index is 5.75. The Bertz CT molecular complexity index is 608. The smallest absolute Gasteiger partial charge is 0.133 e. The van der Waals surface area contributed by atoms with Crippen LogP contribution in [0.25, 0.3) is 0 Å². The number of hydrogen-bond acceptors (Lipinski definition) is 2. The molecule has 23 heavy (non-hydrogen) atoms. The maximum Gasteiger partial charge on any atom is 0.133 e. The van der Waals surface area contributed by atoms with Crippen molar-refractivity contribution in [3.05, 3.63) is 58.6 Å². The lowest BCUT2D eigenvalue weighted by Gasteiger charge is -2.26. The van der Waals surface area contributed by atoms with Crippen molar-refractivity contribution in [2.45, 2.75) is 38.5 Å². The Morgan fingerprint density at radius 1 is 1.00 bits per heavy atom. The molecule has 0 saturated carbocycles. The third-order valence-electron chi connectivity index (χ3n) is 4.14. The van der Waals surface area contributed by atoms with E-state index >= 15 is 0 Å². The van der Waals surface area contributed by atoms with E-state index in [4.69, 9.17) is 9.47 Å². The standard InChI is InChI=1S/C20H25BrO2/c1-20(2,16-11-12-18(21)19(15-16)22-3)13-7-8-14-23-17-9-5-4-6-10-17/h4-6,9-12,15H,7-8,13-14H2,1-3H3. The minimum Gasteiger partial charge on any atom is -0.496 e. The van der Waals surface area contributed by atoms with E-state index in [-0.39, 0.29) is 5.41 Å². The lowest BCUT2D eigenvalue weighted by atomic mass is 9.80. The maximum absolute atomic E-state index is 5.75. The van der Waals surface area contributed by atoms with Crippen LogP contribution in [0.1, 0.15) is 38.7 Å². The summed E-state index contributed by atoms with van der Waals surface area (Å²) in [7, 11) is 1.71. The van der Waals surface area contributed by atoms with Gasteiger partial charge in [-0.15, -0.1) is 0 Å². The van der Waals surface area contributed by atoms with Crippen LogP contribution in [0.5, 0.6) is 11.5 Å². The largest absolute Gasteiger partial charge is 0.496 e. The summed E-state index contributed by atoms with van der Waals surface area (Å²) in [5, 5.41) is 0. The Kier molecular flexibility index (Phi) is 6.52. The average molecular weight is 377 g/mol. The second-order valence-electron chi connectivity index (χ2n) is 6.35. The fraction of sp³-hybridized carbons (Fsp3) is 0.400. The number of unbranched alkanes of at least 4 members (excludes halogenated alkanes) is 1. The Balaban J connectivity index is 1.82. The third-order valence-corrected chi connectivity index (χ3v) is 4.80. The van der Waals surface area contributed by atoms with Crippen LogP contribution in [0, 0.1) is 0 Å². The summed E-state index contributed by atoms with van der Waals surface area (Å²) in [6, 6.07) is 16.4. The molecular formula is C20H25BrO2. The number of halogens is 1. The molecule has 0 aliphatic carbocycles. The zero-order chi connectivity index (χ0) is 16.7. The van der Waals surface area contributed by atoms with E-state index in [1.807, 2.05) is 30.3 Å². The molecule has 2 rings (SSSR count). The molecule has 3 heteroatoms. The highest BCUT2D eigenvalue weighted by atomic mass is 79.9. The van der Waals surface area contributed by atoms with Crippen molar-refractivity contribution in [3.63, 3.8) is 0 Å². The lowest BCUT2D eigenvalue weighted by Crippen LogP contribution is -2.17. The highest BCUT2D eigenvalue weighted by molar-refractivity contribution is 9.10. The van der Waals surface area contributed by atoms with Gasteiger partial charge in [-0.2, -0.15) is 0 Å². The predicted octanol–water partition coefficient (Wildman–Crippen LogP) is 5.98. The van der Waals surface area contributed by atoms with E-state index in [0.717, 1.165) is 41.8 Å². The van der Waals surface area contributed by atoms with Crippen molar-refractivity contribution >= 4 is 15.9 Å². The summed E-state index contributed by atoms with van der Waals surface area (Å²) < 4.78 is 12.2. The van der Waals surface area contributed by atoms with Crippen molar-refractivity contribution < 1.29 is 9.47 Å². The molecule has 0 radical (unpaired) electrons. The van der Waals surface area contributed by atoms with Gasteiger partial charge in [0.1, 0.15) is 11.5 Å². The summed E-state index contributed by atoms with van der Waals surface area (Å²) in [5.41, 5.74) is 1.43. The zero-order valence-corrected chi connectivity index (χ0v) is 15.7. The van der Waals surface area contributed by atoms with Crippen molar-refractivity contribution in [2.75, 3.05) is 13.7 Å². The highest BCUT2D eigenvalue weighted by Gasteiger charge is 2.21. The lowest BCUT2D eigenvalue weighted by molar-refractivity contribution is 0.297. The molecule has 2 nitrogen and oxygen atoms in total. The molecule has 0 spiro atoms. The molecule has 2 aromatic rings. The van der Waals surface area contributed by atoms with Crippen molar-refractivity contribution in [2.24, 2.45) is 0 Å². The molecular weight excluding hydrogens is 352 g/mol. The first-order chi connectivity index (χ1) is 11.0. The minimum absolute atomic E-state index is 0.126. The number of hydrogen-bond donors (Lipinski definition) is 0. The minimum atomic E-state index is 0.126. The molecule has 0 heterocycles. The van der Waals surface area contributed by atoms with Gasteiger partial charge in [-0.3, -0.25) is 0 Å². The first kappa shape index (κ1) is 17.9.